The van der Waals surface area contributed by atoms with Crippen molar-refractivity contribution < 1.29 is 4.79 Å². The summed E-state index contributed by atoms with van der Waals surface area (Å²) in [6.45, 7) is 3.62. The highest BCUT2D eigenvalue weighted by molar-refractivity contribution is 8.74. The molecular weight excluding hydrogens is 180 g/mol. The highest BCUT2D eigenvalue weighted by atomic mass is 33.1. The number of piperazine rings is 1. The first-order chi connectivity index (χ1) is 5.24. The zero-order valence-corrected chi connectivity index (χ0v) is 8.20. The van der Waals surface area contributed by atoms with Gasteiger partial charge in [0.25, 0.3) is 5.24 Å². The van der Waals surface area contributed by atoms with Crippen molar-refractivity contribution >= 4 is 27.7 Å². The molecule has 0 aromatic carbocycles. The van der Waals surface area contributed by atoms with Gasteiger partial charge in [-0.15, -0.1) is 11.7 Å². The molecule has 64 valence electrons. The minimum atomic E-state index is 0.0708. The standard InChI is InChI=1S/C6H12N2OS2/c1-7-2-4-8(5-3-7)6(9)11-10/h10H,2-5H2,1H3. The van der Waals surface area contributed by atoms with Gasteiger partial charge in [0.15, 0.2) is 0 Å². The van der Waals surface area contributed by atoms with E-state index in [1.807, 2.05) is 4.90 Å². The summed E-state index contributed by atoms with van der Waals surface area (Å²) in [4.78, 5) is 15.1. The fourth-order valence-corrected chi connectivity index (χ4v) is 1.69. The van der Waals surface area contributed by atoms with E-state index in [1.54, 1.807) is 0 Å². The van der Waals surface area contributed by atoms with Crippen LogP contribution in [-0.4, -0.2) is 48.3 Å². The first kappa shape index (κ1) is 9.22. The lowest BCUT2D eigenvalue weighted by molar-refractivity contribution is 0.173. The molecule has 0 aliphatic carbocycles. The molecule has 3 nitrogen and oxygen atoms in total. The summed E-state index contributed by atoms with van der Waals surface area (Å²) in [6, 6.07) is 0. The van der Waals surface area contributed by atoms with E-state index in [4.69, 9.17) is 0 Å². The second kappa shape index (κ2) is 4.23. The Balaban J connectivity index is 2.33. The SMILES string of the molecule is CN1CCN(C(=O)SS)CC1. The van der Waals surface area contributed by atoms with Crippen LogP contribution in [0.1, 0.15) is 0 Å². The first-order valence-electron chi connectivity index (χ1n) is 3.53. The third-order valence-electron chi connectivity index (χ3n) is 1.84. The van der Waals surface area contributed by atoms with Gasteiger partial charge in [0, 0.05) is 37.0 Å². The fourth-order valence-electron chi connectivity index (χ4n) is 1.05. The van der Waals surface area contributed by atoms with Gasteiger partial charge in [-0.2, -0.15) is 0 Å². The maximum absolute atomic E-state index is 11.1. The molecule has 1 heterocycles. The van der Waals surface area contributed by atoms with Gasteiger partial charge >= 0.3 is 0 Å². The molecule has 1 rings (SSSR count). The average Bonchev–Trinajstić information content (AvgIpc) is 2.05. The minimum absolute atomic E-state index is 0.0708. The van der Waals surface area contributed by atoms with Crippen molar-refractivity contribution in [2.75, 3.05) is 33.2 Å². The average molecular weight is 192 g/mol. The molecule has 0 radical (unpaired) electrons. The monoisotopic (exact) mass is 192 g/mol. The van der Waals surface area contributed by atoms with Gasteiger partial charge in [-0.3, -0.25) is 4.79 Å². The second-order valence-electron chi connectivity index (χ2n) is 2.65. The van der Waals surface area contributed by atoms with Gasteiger partial charge in [-0.05, 0) is 7.05 Å². The topological polar surface area (TPSA) is 23.6 Å². The molecule has 0 unspecified atom stereocenters. The predicted octanol–water partition coefficient (Wildman–Crippen LogP) is 0.932. The second-order valence-corrected chi connectivity index (χ2v) is 3.73. The number of carbonyl (C=O) groups excluding carboxylic acids is 1. The lowest BCUT2D eigenvalue weighted by Gasteiger charge is -2.31. The van der Waals surface area contributed by atoms with Crippen LogP contribution in [0.15, 0.2) is 0 Å². The fraction of sp³-hybridized carbons (Fsp3) is 0.833. The summed E-state index contributed by atoms with van der Waals surface area (Å²) in [5.41, 5.74) is 0. The molecule has 5 heteroatoms. The Morgan fingerprint density at radius 3 is 2.36 bits per heavy atom. The maximum atomic E-state index is 11.1. The molecule has 1 fully saturated rings. The molecular formula is C6H12N2OS2. The van der Waals surface area contributed by atoms with E-state index in [0.29, 0.717) is 0 Å². The van der Waals surface area contributed by atoms with Crippen LogP contribution < -0.4 is 0 Å². The molecule has 1 saturated heterocycles. The Morgan fingerprint density at radius 2 is 1.91 bits per heavy atom. The van der Waals surface area contributed by atoms with Crippen LogP contribution >= 0.6 is 22.5 Å². The van der Waals surface area contributed by atoms with Crippen LogP contribution in [-0.2, 0) is 0 Å². The molecule has 1 aliphatic rings. The molecule has 1 aliphatic heterocycles. The Morgan fingerprint density at radius 1 is 1.36 bits per heavy atom. The van der Waals surface area contributed by atoms with Gasteiger partial charge in [0.2, 0.25) is 0 Å². The quantitative estimate of drug-likeness (QED) is 0.456. The van der Waals surface area contributed by atoms with Crippen molar-refractivity contribution in [3.63, 3.8) is 0 Å². The molecule has 0 bridgehead atoms. The van der Waals surface area contributed by atoms with Crippen LogP contribution in [0.5, 0.6) is 0 Å². The van der Waals surface area contributed by atoms with Gasteiger partial charge in [-0.1, -0.05) is 0 Å². The Kier molecular flexibility index (Phi) is 3.54. The molecule has 0 N–H and O–H groups in total. The van der Waals surface area contributed by atoms with Crippen LogP contribution in [0.25, 0.3) is 0 Å². The number of thiol groups is 1. The lowest BCUT2D eigenvalue weighted by atomic mass is 10.4. The summed E-state index contributed by atoms with van der Waals surface area (Å²) in [5, 5.41) is 0.0708. The summed E-state index contributed by atoms with van der Waals surface area (Å²) in [6.07, 6.45) is 0. The van der Waals surface area contributed by atoms with Crippen molar-refractivity contribution in [1.82, 2.24) is 9.80 Å². The van der Waals surface area contributed by atoms with Crippen LogP contribution in [0.3, 0.4) is 0 Å². The summed E-state index contributed by atoms with van der Waals surface area (Å²) < 4.78 is 0. The molecule has 0 aromatic rings. The Bertz CT molecular complexity index is 146. The Labute approximate surface area is 75.9 Å². The van der Waals surface area contributed by atoms with Crippen molar-refractivity contribution in [3.8, 4) is 0 Å². The third-order valence-corrected chi connectivity index (χ3v) is 2.72. The zero-order chi connectivity index (χ0) is 8.27. The normalized spacial score (nSPS) is 20.4. The largest absolute Gasteiger partial charge is 0.330 e. The van der Waals surface area contributed by atoms with E-state index in [2.05, 4.69) is 23.6 Å². The minimum Gasteiger partial charge on any atom is -0.330 e. The van der Waals surface area contributed by atoms with E-state index in [0.717, 1.165) is 37.0 Å². The first-order valence-corrected chi connectivity index (χ1v) is 5.40. The summed E-state index contributed by atoms with van der Waals surface area (Å²) in [7, 11) is 3.06. The summed E-state index contributed by atoms with van der Waals surface area (Å²) >= 11 is 3.86. The lowest BCUT2D eigenvalue weighted by Crippen LogP contribution is -2.45. The third kappa shape index (κ3) is 2.57. The van der Waals surface area contributed by atoms with E-state index < -0.39 is 0 Å². The number of rotatable bonds is 0. The number of likely N-dealkylation sites (N-methyl/N-ethyl adjacent to an activating group) is 1. The van der Waals surface area contributed by atoms with Crippen molar-refractivity contribution in [1.29, 1.82) is 0 Å². The van der Waals surface area contributed by atoms with Crippen molar-refractivity contribution in [2.24, 2.45) is 0 Å². The van der Waals surface area contributed by atoms with Crippen molar-refractivity contribution in [3.05, 3.63) is 0 Å². The predicted molar refractivity (Wildman–Crippen MR) is 51.0 cm³/mol. The van der Waals surface area contributed by atoms with E-state index in [9.17, 15) is 4.79 Å². The van der Waals surface area contributed by atoms with Crippen LogP contribution in [0, 0.1) is 0 Å². The van der Waals surface area contributed by atoms with Gasteiger partial charge in [0.1, 0.15) is 0 Å². The van der Waals surface area contributed by atoms with Crippen LogP contribution in [0.4, 0.5) is 4.79 Å². The Hall–Kier alpha value is 0.130. The molecule has 0 aromatic heterocycles. The smallest absolute Gasteiger partial charge is 0.292 e. The van der Waals surface area contributed by atoms with E-state index >= 15 is 0 Å². The van der Waals surface area contributed by atoms with Crippen molar-refractivity contribution in [2.45, 2.75) is 0 Å². The van der Waals surface area contributed by atoms with Gasteiger partial charge < -0.3 is 9.80 Å². The maximum Gasteiger partial charge on any atom is 0.292 e. The number of nitrogens with zero attached hydrogens (tertiary/aromatic N) is 2. The molecule has 1 amide bonds. The van der Waals surface area contributed by atoms with Crippen LogP contribution in [0.2, 0.25) is 0 Å². The number of amides is 1. The molecule has 0 atom stereocenters. The van der Waals surface area contributed by atoms with E-state index in [-0.39, 0.29) is 5.24 Å². The van der Waals surface area contributed by atoms with Gasteiger partial charge in [0.05, 0.1) is 0 Å². The number of hydrogen-bond donors (Lipinski definition) is 1. The highest BCUT2D eigenvalue weighted by Crippen LogP contribution is 2.13. The zero-order valence-electron chi connectivity index (χ0n) is 6.49. The van der Waals surface area contributed by atoms with Gasteiger partial charge in [-0.25, -0.2) is 0 Å². The molecule has 11 heavy (non-hydrogen) atoms. The number of carbonyl (C=O) groups is 1. The summed E-state index contributed by atoms with van der Waals surface area (Å²) in [5.74, 6) is 0. The molecule has 0 saturated carbocycles. The number of hydrogen-bond acceptors (Lipinski definition) is 4. The van der Waals surface area contributed by atoms with E-state index in [1.165, 1.54) is 0 Å². The molecule has 0 spiro atoms. The highest BCUT2D eigenvalue weighted by Gasteiger charge is 2.17.